The maximum absolute atomic E-state index is 12.3. The van der Waals surface area contributed by atoms with Crippen LogP contribution in [0.2, 0.25) is 0 Å². The van der Waals surface area contributed by atoms with E-state index >= 15 is 0 Å². The van der Waals surface area contributed by atoms with E-state index in [1.54, 1.807) is 24.3 Å². The van der Waals surface area contributed by atoms with Crippen LogP contribution in [0.25, 0.3) is 0 Å². The summed E-state index contributed by atoms with van der Waals surface area (Å²) in [6.07, 6.45) is 0. The average Bonchev–Trinajstić information content (AvgIpc) is 2.60. The second-order valence-corrected chi connectivity index (χ2v) is 4.47. The molecule has 0 aliphatic heterocycles. The van der Waals surface area contributed by atoms with Gasteiger partial charge in [0, 0.05) is 11.1 Å². The molecule has 0 bridgehead atoms. The molecule has 5 heteroatoms. The Morgan fingerprint density at radius 2 is 0.864 bits per heavy atom. The summed E-state index contributed by atoms with van der Waals surface area (Å²) in [7, 11) is 2.59. The number of hydrogen-bond acceptors (Lipinski definition) is 5. The minimum Gasteiger partial charge on any atom is -0.465 e. The standard InChI is InChI=1S/C17H14O5/c1-21-16(19)13-7-3-11(4-8-13)15(18)12-5-9-14(10-6-12)17(20)22-2/h3-10H,1-2H3. The van der Waals surface area contributed by atoms with E-state index in [1.807, 2.05) is 0 Å². The van der Waals surface area contributed by atoms with Gasteiger partial charge in [-0.25, -0.2) is 9.59 Å². The summed E-state index contributed by atoms with van der Waals surface area (Å²) in [6.45, 7) is 0. The number of hydrogen-bond donors (Lipinski definition) is 0. The van der Waals surface area contributed by atoms with Crippen LogP contribution in [0.4, 0.5) is 0 Å². The van der Waals surface area contributed by atoms with Crippen LogP contribution in [0.15, 0.2) is 48.5 Å². The first-order valence-corrected chi connectivity index (χ1v) is 6.48. The fourth-order valence-corrected chi connectivity index (χ4v) is 1.92. The predicted molar refractivity (Wildman–Crippen MR) is 79.0 cm³/mol. The quantitative estimate of drug-likeness (QED) is 0.640. The van der Waals surface area contributed by atoms with E-state index in [0.717, 1.165) is 0 Å². The highest BCUT2D eigenvalue weighted by molar-refractivity contribution is 6.09. The third kappa shape index (κ3) is 3.20. The van der Waals surface area contributed by atoms with E-state index in [9.17, 15) is 14.4 Å². The normalized spacial score (nSPS) is 9.91. The van der Waals surface area contributed by atoms with Gasteiger partial charge in [-0.05, 0) is 24.3 Å². The van der Waals surface area contributed by atoms with Crippen LogP contribution in [0.5, 0.6) is 0 Å². The van der Waals surface area contributed by atoms with Crippen molar-refractivity contribution in [2.75, 3.05) is 14.2 Å². The lowest BCUT2D eigenvalue weighted by atomic mass is 10.0. The molecule has 0 aromatic heterocycles. The van der Waals surface area contributed by atoms with Crippen molar-refractivity contribution < 1.29 is 23.9 Å². The third-order valence-corrected chi connectivity index (χ3v) is 3.14. The second-order valence-electron chi connectivity index (χ2n) is 4.47. The molecule has 0 N–H and O–H groups in total. The number of methoxy groups -OCH3 is 2. The summed E-state index contributed by atoms with van der Waals surface area (Å²) < 4.78 is 9.20. The third-order valence-electron chi connectivity index (χ3n) is 3.14. The van der Waals surface area contributed by atoms with Gasteiger partial charge in [0.2, 0.25) is 0 Å². The van der Waals surface area contributed by atoms with Gasteiger partial charge in [0.1, 0.15) is 0 Å². The van der Waals surface area contributed by atoms with Gasteiger partial charge in [-0.3, -0.25) is 4.79 Å². The fourth-order valence-electron chi connectivity index (χ4n) is 1.92. The molecule has 0 aliphatic rings. The molecule has 0 aliphatic carbocycles. The minimum absolute atomic E-state index is 0.201. The first-order chi connectivity index (χ1) is 10.6. The molecule has 0 amide bonds. The minimum atomic E-state index is -0.457. The summed E-state index contributed by atoms with van der Waals surface area (Å²) in [4.78, 5) is 35.0. The van der Waals surface area contributed by atoms with E-state index in [4.69, 9.17) is 0 Å². The summed E-state index contributed by atoms with van der Waals surface area (Å²) in [5, 5.41) is 0. The zero-order valence-corrected chi connectivity index (χ0v) is 12.2. The Bertz CT molecular complexity index is 637. The van der Waals surface area contributed by atoms with E-state index in [-0.39, 0.29) is 5.78 Å². The van der Waals surface area contributed by atoms with Crippen LogP contribution in [0.1, 0.15) is 36.6 Å². The lowest BCUT2D eigenvalue weighted by Gasteiger charge is -2.04. The van der Waals surface area contributed by atoms with E-state index in [0.29, 0.717) is 22.3 Å². The van der Waals surface area contributed by atoms with E-state index < -0.39 is 11.9 Å². The number of rotatable bonds is 4. The highest BCUT2D eigenvalue weighted by Gasteiger charge is 2.12. The number of ether oxygens (including phenoxy) is 2. The van der Waals surface area contributed by atoms with Gasteiger partial charge in [-0.1, -0.05) is 24.3 Å². The number of carbonyl (C=O) groups excluding carboxylic acids is 3. The van der Waals surface area contributed by atoms with Gasteiger partial charge < -0.3 is 9.47 Å². The molecule has 0 fully saturated rings. The van der Waals surface area contributed by atoms with Crippen LogP contribution >= 0.6 is 0 Å². The van der Waals surface area contributed by atoms with Gasteiger partial charge in [-0.15, -0.1) is 0 Å². The molecule has 2 aromatic rings. The van der Waals surface area contributed by atoms with Crippen molar-refractivity contribution in [2.45, 2.75) is 0 Å². The average molecular weight is 298 g/mol. The Balaban J connectivity index is 2.21. The van der Waals surface area contributed by atoms with Gasteiger partial charge in [-0.2, -0.15) is 0 Å². The van der Waals surface area contributed by atoms with Crippen molar-refractivity contribution in [1.82, 2.24) is 0 Å². The fraction of sp³-hybridized carbons (Fsp3) is 0.118. The van der Waals surface area contributed by atoms with Crippen molar-refractivity contribution >= 4 is 17.7 Å². The Morgan fingerprint density at radius 3 is 1.14 bits per heavy atom. The highest BCUT2D eigenvalue weighted by atomic mass is 16.5. The van der Waals surface area contributed by atoms with Crippen molar-refractivity contribution in [1.29, 1.82) is 0 Å². The second kappa shape index (κ2) is 6.67. The lowest BCUT2D eigenvalue weighted by molar-refractivity contribution is 0.0592. The van der Waals surface area contributed by atoms with Crippen molar-refractivity contribution in [2.24, 2.45) is 0 Å². The zero-order chi connectivity index (χ0) is 16.1. The van der Waals surface area contributed by atoms with Gasteiger partial charge >= 0.3 is 11.9 Å². The molecule has 2 aromatic carbocycles. The Kier molecular flexibility index (Phi) is 4.68. The van der Waals surface area contributed by atoms with Crippen molar-refractivity contribution in [3.63, 3.8) is 0 Å². The van der Waals surface area contributed by atoms with Gasteiger partial charge in [0.25, 0.3) is 0 Å². The first-order valence-electron chi connectivity index (χ1n) is 6.48. The largest absolute Gasteiger partial charge is 0.465 e. The van der Waals surface area contributed by atoms with Crippen molar-refractivity contribution in [3.05, 3.63) is 70.8 Å². The molecule has 0 saturated heterocycles. The van der Waals surface area contributed by atoms with Gasteiger partial charge in [0.15, 0.2) is 5.78 Å². The summed E-state index contributed by atoms with van der Waals surface area (Å²) >= 11 is 0. The summed E-state index contributed by atoms with van der Waals surface area (Å²) in [5.74, 6) is -1.12. The lowest BCUT2D eigenvalue weighted by Crippen LogP contribution is -2.05. The summed E-state index contributed by atoms with van der Waals surface area (Å²) in [6, 6.07) is 12.4. The molecule has 112 valence electrons. The molecule has 0 saturated carbocycles. The van der Waals surface area contributed by atoms with E-state index in [2.05, 4.69) is 9.47 Å². The number of benzene rings is 2. The molecule has 0 atom stereocenters. The molecule has 22 heavy (non-hydrogen) atoms. The Morgan fingerprint density at radius 1 is 0.591 bits per heavy atom. The smallest absolute Gasteiger partial charge is 0.337 e. The Labute approximate surface area is 127 Å². The van der Waals surface area contributed by atoms with Crippen LogP contribution in [0.3, 0.4) is 0 Å². The highest BCUT2D eigenvalue weighted by Crippen LogP contribution is 2.13. The predicted octanol–water partition coefficient (Wildman–Crippen LogP) is 2.49. The maximum Gasteiger partial charge on any atom is 0.337 e. The molecule has 5 nitrogen and oxygen atoms in total. The molecular weight excluding hydrogens is 284 g/mol. The Hall–Kier alpha value is -2.95. The number of ketones is 1. The first kappa shape index (κ1) is 15.4. The maximum atomic E-state index is 12.3. The SMILES string of the molecule is COC(=O)c1ccc(C(=O)c2ccc(C(=O)OC)cc2)cc1. The van der Waals surface area contributed by atoms with E-state index in [1.165, 1.54) is 38.5 Å². The molecule has 2 rings (SSSR count). The molecule has 0 spiro atoms. The zero-order valence-electron chi connectivity index (χ0n) is 12.2. The summed E-state index contributed by atoms with van der Waals surface area (Å²) in [5.41, 5.74) is 1.64. The monoisotopic (exact) mass is 298 g/mol. The topological polar surface area (TPSA) is 69.7 Å². The van der Waals surface area contributed by atoms with Crippen LogP contribution < -0.4 is 0 Å². The van der Waals surface area contributed by atoms with Crippen LogP contribution in [-0.2, 0) is 9.47 Å². The molecular formula is C17H14O5. The van der Waals surface area contributed by atoms with Gasteiger partial charge in [0.05, 0.1) is 25.3 Å². The molecule has 0 radical (unpaired) electrons. The molecule has 0 unspecified atom stereocenters. The van der Waals surface area contributed by atoms with Crippen molar-refractivity contribution in [3.8, 4) is 0 Å². The molecule has 0 heterocycles. The van der Waals surface area contributed by atoms with Crippen LogP contribution in [0, 0.1) is 0 Å². The number of carbonyl (C=O) groups is 3. The van der Waals surface area contributed by atoms with Crippen LogP contribution in [-0.4, -0.2) is 31.9 Å². The number of esters is 2.